The van der Waals surface area contributed by atoms with E-state index in [2.05, 4.69) is 20.1 Å². The van der Waals surface area contributed by atoms with Gasteiger partial charge in [0.15, 0.2) is 17.5 Å². The average molecular weight is 301 g/mol. The van der Waals surface area contributed by atoms with Crippen LogP contribution in [0.4, 0.5) is 0 Å². The third-order valence-electron chi connectivity index (χ3n) is 3.49. The van der Waals surface area contributed by atoms with Gasteiger partial charge < -0.3 is 10.6 Å². The van der Waals surface area contributed by atoms with Crippen molar-refractivity contribution < 1.29 is 4.79 Å². The van der Waals surface area contributed by atoms with Gasteiger partial charge in [0.2, 0.25) is 0 Å². The number of rotatable bonds is 4. The van der Waals surface area contributed by atoms with Gasteiger partial charge in [-0.25, -0.2) is 15.0 Å². The van der Waals surface area contributed by atoms with Crippen molar-refractivity contribution in [2.75, 3.05) is 14.1 Å². The summed E-state index contributed by atoms with van der Waals surface area (Å²) in [5.74, 6) is 2.18. The number of amides is 1. The van der Waals surface area contributed by atoms with Gasteiger partial charge in [0.1, 0.15) is 12.0 Å². The molecule has 2 aromatic rings. The first-order valence-corrected chi connectivity index (χ1v) is 7.24. The molecule has 2 N–H and O–H groups in total. The Morgan fingerprint density at radius 3 is 2.73 bits per heavy atom. The lowest BCUT2D eigenvalue weighted by molar-refractivity contribution is 0.0821. The highest BCUT2D eigenvalue weighted by Gasteiger charge is 2.30. The van der Waals surface area contributed by atoms with Crippen molar-refractivity contribution in [3.63, 3.8) is 0 Å². The molecule has 2 aromatic heterocycles. The Morgan fingerprint density at radius 1 is 1.41 bits per heavy atom. The van der Waals surface area contributed by atoms with Crippen molar-refractivity contribution in [2.45, 2.75) is 31.7 Å². The van der Waals surface area contributed by atoms with E-state index in [-0.39, 0.29) is 11.9 Å². The van der Waals surface area contributed by atoms with Crippen LogP contribution in [0, 0.1) is 0 Å². The average Bonchev–Trinajstić information content (AvgIpc) is 3.24. The summed E-state index contributed by atoms with van der Waals surface area (Å²) in [6.45, 7) is 1.85. The Hall–Kier alpha value is -2.35. The van der Waals surface area contributed by atoms with Crippen LogP contribution in [0.5, 0.6) is 0 Å². The Balaban J connectivity index is 2.03. The molecule has 1 atom stereocenters. The van der Waals surface area contributed by atoms with Crippen LogP contribution in [0.15, 0.2) is 12.4 Å². The molecular formula is C14H19N7O. The highest BCUT2D eigenvalue weighted by Crippen LogP contribution is 2.38. The Labute approximate surface area is 128 Å². The number of carbonyl (C=O) groups is 1. The van der Waals surface area contributed by atoms with Gasteiger partial charge in [-0.2, -0.15) is 4.68 Å². The molecule has 0 saturated heterocycles. The summed E-state index contributed by atoms with van der Waals surface area (Å²) < 4.78 is 1.62. The molecule has 0 radical (unpaired) electrons. The van der Waals surface area contributed by atoms with Gasteiger partial charge in [0.25, 0.3) is 5.91 Å². The summed E-state index contributed by atoms with van der Waals surface area (Å²) in [6, 6.07) is 1.34. The van der Waals surface area contributed by atoms with Crippen molar-refractivity contribution in [1.29, 1.82) is 0 Å². The van der Waals surface area contributed by atoms with Crippen molar-refractivity contribution >= 4 is 5.91 Å². The molecule has 0 aromatic carbocycles. The van der Waals surface area contributed by atoms with Crippen LogP contribution in [0.1, 0.15) is 53.9 Å². The molecule has 8 heteroatoms. The van der Waals surface area contributed by atoms with Crippen LogP contribution in [-0.4, -0.2) is 49.6 Å². The molecule has 1 saturated carbocycles. The highest BCUT2D eigenvalue weighted by molar-refractivity contribution is 5.92. The lowest BCUT2D eigenvalue weighted by Crippen LogP contribution is -2.23. The van der Waals surface area contributed by atoms with Crippen LogP contribution < -0.4 is 5.73 Å². The molecule has 1 unspecified atom stereocenters. The Morgan fingerprint density at radius 2 is 2.14 bits per heavy atom. The minimum absolute atomic E-state index is 0.187. The number of hydrogen-bond acceptors (Lipinski definition) is 6. The van der Waals surface area contributed by atoms with Crippen molar-refractivity contribution in [1.82, 2.24) is 29.6 Å². The Kier molecular flexibility index (Phi) is 3.61. The van der Waals surface area contributed by atoms with Crippen molar-refractivity contribution in [3.05, 3.63) is 29.7 Å². The van der Waals surface area contributed by atoms with E-state index in [9.17, 15) is 4.79 Å². The van der Waals surface area contributed by atoms with Crippen LogP contribution in [-0.2, 0) is 0 Å². The van der Waals surface area contributed by atoms with E-state index in [1.165, 1.54) is 11.2 Å². The fraction of sp³-hybridized carbons (Fsp3) is 0.500. The van der Waals surface area contributed by atoms with E-state index in [4.69, 9.17) is 5.73 Å². The summed E-state index contributed by atoms with van der Waals surface area (Å²) in [7, 11) is 3.36. The predicted octanol–water partition coefficient (Wildman–Crippen LogP) is 0.656. The molecule has 2 heterocycles. The molecule has 1 aliphatic carbocycles. The van der Waals surface area contributed by atoms with Crippen molar-refractivity contribution in [2.24, 2.45) is 5.73 Å². The van der Waals surface area contributed by atoms with Gasteiger partial charge in [0.05, 0.1) is 6.04 Å². The lowest BCUT2D eigenvalue weighted by Gasteiger charge is -2.11. The molecular weight excluding hydrogens is 282 g/mol. The first-order chi connectivity index (χ1) is 10.5. The standard InChI is InChI=1S/C14H19N7O/c1-8(15)13-18-12(9-4-5-9)19-21(13)11-6-10(16-7-17-11)14(22)20(2)3/h6-9H,4-5,15H2,1-3H3. The van der Waals surface area contributed by atoms with Gasteiger partial charge >= 0.3 is 0 Å². The van der Waals surface area contributed by atoms with E-state index >= 15 is 0 Å². The summed E-state index contributed by atoms with van der Waals surface area (Å²) in [6.07, 6.45) is 3.57. The number of aromatic nitrogens is 5. The third-order valence-corrected chi connectivity index (χ3v) is 3.49. The van der Waals surface area contributed by atoms with Gasteiger partial charge in [-0.05, 0) is 19.8 Å². The van der Waals surface area contributed by atoms with E-state index in [1.54, 1.807) is 24.8 Å². The van der Waals surface area contributed by atoms with Gasteiger partial charge in [-0.1, -0.05) is 0 Å². The summed E-state index contributed by atoms with van der Waals surface area (Å²) >= 11 is 0. The molecule has 8 nitrogen and oxygen atoms in total. The second-order valence-electron chi connectivity index (χ2n) is 5.76. The molecule has 0 bridgehead atoms. The molecule has 116 valence electrons. The van der Waals surface area contributed by atoms with Crippen molar-refractivity contribution in [3.8, 4) is 5.82 Å². The van der Waals surface area contributed by atoms with E-state index in [1.807, 2.05) is 6.92 Å². The fourth-order valence-electron chi connectivity index (χ4n) is 2.13. The largest absolute Gasteiger partial charge is 0.343 e. The quantitative estimate of drug-likeness (QED) is 0.889. The second kappa shape index (κ2) is 5.45. The van der Waals surface area contributed by atoms with Crippen LogP contribution in [0.2, 0.25) is 0 Å². The SMILES string of the molecule is CC(N)c1nc(C2CC2)nn1-c1cc(C(=O)N(C)C)ncn1. The molecule has 22 heavy (non-hydrogen) atoms. The minimum atomic E-state index is -0.275. The smallest absolute Gasteiger partial charge is 0.272 e. The maximum atomic E-state index is 12.0. The number of nitrogens with zero attached hydrogens (tertiary/aromatic N) is 6. The third kappa shape index (κ3) is 2.69. The molecule has 0 aliphatic heterocycles. The monoisotopic (exact) mass is 301 g/mol. The lowest BCUT2D eigenvalue weighted by atomic mass is 10.3. The number of nitrogens with two attached hydrogens (primary N) is 1. The highest BCUT2D eigenvalue weighted by atomic mass is 16.2. The van der Waals surface area contributed by atoms with Gasteiger partial charge in [-0.15, -0.1) is 5.10 Å². The predicted molar refractivity (Wildman–Crippen MR) is 79.5 cm³/mol. The summed E-state index contributed by atoms with van der Waals surface area (Å²) in [5, 5.41) is 4.52. The topological polar surface area (TPSA) is 103 Å². The molecule has 1 aliphatic rings. The summed E-state index contributed by atoms with van der Waals surface area (Å²) in [4.78, 5) is 26.3. The zero-order valence-electron chi connectivity index (χ0n) is 12.9. The maximum absolute atomic E-state index is 12.0. The zero-order chi connectivity index (χ0) is 15.9. The normalized spacial score (nSPS) is 15.6. The minimum Gasteiger partial charge on any atom is -0.343 e. The first-order valence-electron chi connectivity index (χ1n) is 7.24. The maximum Gasteiger partial charge on any atom is 0.272 e. The molecule has 3 rings (SSSR count). The molecule has 1 amide bonds. The zero-order valence-corrected chi connectivity index (χ0v) is 12.9. The molecule has 0 spiro atoms. The van der Waals surface area contributed by atoms with Crippen LogP contribution in [0.3, 0.4) is 0 Å². The fourth-order valence-corrected chi connectivity index (χ4v) is 2.13. The molecule has 1 fully saturated rings. The first kappa shape index (κ1) is 14.6. The van der Waals surface area contributed by atoms with Crippen LogP contribution in [0.25, 0.3) is 5.82 Å². The number of carbonyl (C=O) groups excluding carboxylic acids is 1. The van der Waals surface area contributed by atoms with E-state index < -0.39 is 0 Å². The van der Waals surface area contributed by atoms with Crippen LogP contribution >= 0.6 is 0 Å². The second-order valence-corrected chi connectivity index (χ2v) is 5.76. The van der Waals surface area contributed by atoms with E-state index in [0.29, 0.717) is 23.3 Å². The summed E-state index contributed by atoms with van der Waals surface area (Å²) in [5.41, 5.74) is 6.30. The van der Waals surface area contributed by atoms with Gasteiger partial charge in [-0.3, -0.25) is 4.79 Å². The Bertz CT molecular complexity index is 703. The number of hydrogen-bond donors (Lipinski definition) is 1. The van der Waals surface area contributed by atoms with Gasteiger partial charge in [0, 0.05) is 26.1 Å². The van der Waals surface area contributed by atoms with E-state index in [0.717, 1.165) is 18.7 Å².